The highest BCUT2D eigenvalue weighted by molar-refractivity contribution is 6.04. The molecule has 0 bridgehead atoms. The number of anilines is 4. The number of fused-ring (bicyclic) bond motifs is 1. The molecule has 0 spiro atoms. The second-order valence-corrected chi connectivity index (χ2v) is 7.30. The Labute approximate surface area is 177 Å². The summed E-state index contributed by atoms with van der Waals surface area (Å²) in [6.45, 7) is 3.55. The van der Waals surface area contributed by atoms with Crippen LogP contribution in [0.3, 0.4) is 0 Å². The van der Waals surface area contributed by atoms with Crippen molar-refractivity contribution in [1.82, 2.24) is 9.97 Å². The van der Waals surface area contributed by atoms with Crippen LogP contribution in [0.25, 0.3) is 0 Å². The average molecular weight is 426 g/mol. The Morgan fingerprint density at radius 2 is 1.74 bits per heavy atom. The third-order valence-corrected chi connectivity index (χ3v) is 5.04. The normalized spacial score (nSPS) is 18.0. The third kappa shape index (κ3) is 4.56. The van der Waals surface area contributed by atoms with E-state index >= 15 is 0 Å². The predicted octanol–water partition coefficient (Wildman–Crippen LogP) is 0.629. The molecule has 162 valence electrons. The van der Waals surface area contributed by atoms with Crippen LogP contribution in [0.2, 0.25) is 0 Å². The molecule has 2 aliphatic rings. The number of benzene rings is 1. The van der Waals surface area contributed by atoms with E-state index in [9.17, 15) is 19.2 Å². The second kappa shape index (κ2) is 8.56. The lowest BCUT2D eigenvalue weighted by atomic mass is 9.92. The summed E-state index contributed by atoms with van der Waals surface area (Å²) in [5, 5.41) is 7.96. The zero-order valence-electron chi connectivity index (χ0n) is 16.9. The van der Waals surface area contributed by atoms with Gasteiger partial charge in [0.1, 0.15) is 5.82 Å². The molecule has 0 radical (unpaired) electrons. The van der Waals surface area contributed by atoms with Crippen LogP contribution in [-0.4, -0.2) is 54.0 Å². The first-order valence-corrected chi connectivity index (χ1v) is 9.86. The fourth-order valence-electron chi connectivity index (χ4n) is 3.58. The van der Waals surface area contributed by atoms with Crippen molar-refractivity contribution in [3.8, 4) is 0 Å². The lowest BCUT2D eigenvalue weighted by Crippen LogP contribution is -2.41. The first kappa shape index (κ1) is 20.5. The predicted molar refractivity (Wildman–Crippen MR) is 113 cm³/mol. The summed E-state index contributed by atoms with van der Waals surface area (Å²) in [5.41, 5.74) is 0.724. The van der Waals surface area contributed by atoms with Crippen LogP contribution in [0.5, 0.6) is 0 Å². The van der Waals surface area contributed by atoms with Gasteiger partial charge in [0.25, 0.3) is 5.56 Å². The molecule has 11 nitrogen and oxygen atoms in total. The molecule has 3 heterocycles. The molecule has 1 fully saturated rings. The molecule has 1 aromatic heterocycles. The van der Waals surface area contributed by atoms with Crippen LogP contribution in [0.15, 0.2) is 29.1 Å². The number of morpholine rings is 1. The van der Waals surface area contributed by atoms with Gasteiger partial charge in [0.15, 0.2) is 0 Å². The van der Waals surface area contributed by atoms with Crippen LogP contribution in [0, 0.1) is 0 Å². The van der Waals surface area contributed by atoms with Crippen molar-refractivity contribution in [2.24, 2.45) is 0 Å². The van der Waals surface area contributed by atoms with Crippen molar-refractivity contribution in [2.45, 2.75) is 19.3 Å². The minimum Gasteiger partial charge on any atom is -0.378 e. The zero-order valence-corrected chi connectivity index (χ0v) is 16.9. The van der Waals surface area contributed by atoms with E-state index in [1.807, 2.05) is 4.90 Å². The summed E-state index contributed by atoms with van der Waals surface area (Å²) in [6.07, 6.45) is -0.162. The summed E-state index contributed by atoms with van der Waals surface area (Å²) >= 11 is 0. The standard InChI is InChI=1S/C20H22N6O5/c1-11(27)21-12-2-4-13(5-3-12)22-18(29)14-10-15(28)23-17-16(14)19(30)25-20(24-17)26-6-8-31-9-7-26/h2-5,14H,6-10H2,1H3,(H,21,27)(H,22,29)(H2,23,24,25,28,30)/t14-/m1/s1. The first-order chi connectivity index (χ1) is 14.9. The molecule has 1 saturated heterocycles. The number of carbonyl (C=O) groups excluding carboxylic acids is 3. The van der Waals surface area contributed by atoms with E-state index in [0.717, 1.165) is 0 Å². The summed E-state index contributed by atoms with van der Waals surface area (Å²) in [5.74, 6) is -1.63. The van der Waals surface area contributed by atoms with E-state index < -0.39 is 17.4 Å². The number of ether oxygens (including phenoxy) is 1. The van der Waals surface area contributed by atoms with E-state index in [1.54, 1.807) is 24.3 Å². The summed E-state index contributed by atoms with van der Waals surface area (Å²) in [4.78, 5) is 58.1. The number of amides is 3. The molecule has 0 unspecified atom stereocenters. The van der Waals surface area contributed by atoms with Gasteiger partial charge >= 0.3 is 0 Å². The average Bonchev–Trinajstić information content (AvgIpc) is 2.74. The van der Waals surface area contributed by atoms with E-state index in [4.69, 9.17) is 4.74 Å². The highest BCUT2D eigenvalue weighted by Gasteiger charge is 2.35. The molecule has 0 aliphatic carbocycles. The fourth-order valence-corrected chi connectivity index (χ4v) is 3.58. The van der Waals surface area contributed by atoms with Crippen molar-refractivity contribution in [3.63, 3.8) is 0 Å². The van der Waals surface area contributed by atoms with Gasteiger partial charge in [-0.25, -0.2) is 0 Å². The number of rotatable bonds is 4. The Hall–Kier alpha value is -3.73. The van der Waals surface area contributed by atoms with Gasteiger partial charge in [-0.2, -0.15) is 4.98 Å². The molecule has 4 rings (SSSR count). The van der Waals surface area contributed by atoms with Gasteiger partial charge in [-0.3, -0.25) is 24.2 Å². The summed E-state index contributed by atoms with van der Waals surface area (Å²) in [7, 11) is 0. The van der Waals surface area contributed by atoms with Gasteiger partial charge in [-0.05, 0) is 24.3 Å². The van der Waals surface area contributed by atoms with Crippen molar-refractivity contribution >= 4 is 40.9 Å². The van der Waals surface area contributed by atoms with Crippen molar-refractivity contribution < 1.29 is 19.1 Å². The third-order valence-electron chi connectivity index (χ3n) is 5.04. The summed E-state index contributed by atoms with van der Waals surface area (Å²) < 4.78 is 5.31. The smallest absolute Gasteiger partial charge is 0.258 e. The molecule has 4 N–H and O–H groups in total. The zero-order chi connectivity index (χ0) is 22.0. The second-order valence-electron chi connectivity index (χ2n) is 7.30. The van der Waals surface area contributed by atoms with Crippen molar-refractivity contribution in [1.29, 1.82) is 0 Å². The number of aromatic nitrogens is 2. The number of H-pyrrole nitrogens is 1. The number of hydrogen-bond donors (Lipinski definition) is 4. The number of carbonyl (C=O) groups is 3. The van der Waals surface area contributed by atoms with Crippen LogP contribution in [0.1, 0.15) is 24.8 Å². The Balaban J connectivity index is 1.57. The fraction of sp³-hybridized carbons (Fsp3) is 0.350. The van der Waals surface area contributed by atoms with Gasteiger partial charge < -0.3 is 25.6 Å². The minimum atomic E-state index is -0.978. The van der Waals surface area contributed by atoms with Crippen LogP contribution in [-0.2, 0) is 19.1 Å². The SMILES string of the molecule is CC(=O)Nc1ccc(NC(=O)[C@@H]2CC(=O)Nc3nc(N4CCOCC4)[nH]c(=O)c32)cc1. The van der Waals surface area contributed by atoms with Crippen LogP contribution < -0.4 is 26.4 Å². The maximum atomic E-state index is 12.9. The van der Waals surface area contributed by atoms with Gasteiger partial charge in [0, 0.05) is 37.8 Å². The number of hydrogen-bond acceptors (Lipinski definition) is 7. The van der Waals surface area contributed by atoms with E-state index in [-0.39, 0.29) is 29.6 Å². The highest BCUT2D eigenvalue weighted by atomic mass is 16.5. The summed E-state index contributed by atoms with van der Waals surface area (Å²) in [6, 6.07) is 6.52. The lowest BCUT2D eigenvalue weighted by molar-refractivity contribution is -0.123. The van der Waals surface area contributed by atoms with Crippen molar-refractivity contribution in [2.75, 3.05) is 47.2 Å². The Kier molecular flexibility index (Phi) is 5.67. The Bertz CT molecular complexity index is 1070. The molecular formula is C20H22N6O5. The molecule has 2 aliphatic heterocycles. The molecular weight excluding hydrogens is 404 g/mol. The molecule has 2 aromatic rings. The molecule has 11 heteroatoms. The maximum absolute atomic E-state index is 12.9. The molecule has 0 saturated carbocycles. The minimum absolute atomic E-state index is 0.0997. The van der Waals surface area contributed by atoms with Gasteiger partial charge in [-0.15, -0.1) is 0 Å². The van der Waals surface area contributed by atoms with Gasteiger partial charge in [0.2, 0.25) is 23.7 Å². The molecule has 1 aromatic carbocycles. The Morgan fingerprint density at radius 3 is 2.39 bits per heavy atom. The Morgan fingerprint density at radius 1 is 1.10 bits per heavy atom. The monoisotopic (exact) mass is 426 g/mol. The van der Waals surface area contributed by atoms with Crippen LogP contribution >= 0.6 is 0 Å². The molecule has 31 heavy (non-hydrogen) atoms. The number of aromatic amines is 1. The van der Waals surface area contributed by atoms with E-state index in [0.29, 0.717) is 43.6 Å². The number of nitrogens with one attached hydrogen (secondary N) is 4. The molecule has 1 atom stereocenters. The van der Waals surface area contributed by atoms with Crippen molar-refractivity contribution in [3.05, 3.63) is 40.2 Å². The highest BCUT2D eigenvalue weighted by Crippen LogP contribution is 2.30. The molecule has 3 amide bonds. The maximum Gasteiger partial charge on any atom is 0.258 e. The largest absolute Gasteiger partial charge is 0.378 e. The quantitative estimate of drug-likeness (QED) is 0.561. The van der Waals surface area contributed by atoms with Gasteiger partial charge in [-0.1, -0.05) is 0 Å². The lowest BCUT2D eigenvalue weighted by Gasteiger charge is -2.29. The first-order valence-electron chi connectivity index (χ1n) is 9.86. The van der Waals surface area contributed by atoms with Gasteiger partial charge in [0.05, 0.1) is 24.7 Å². The number of nitrogens with zero attached hydrogens (tertiary/aromatic N) is 2. The van der Waals surface area contributed by atoms with Crippen LogP contribution in [0.4, 0.5) is 23.1 Å². The van der Waals surface area contributed by atoms with E-state index in [2.05, 4.69) is 25.9 Å². The topological polar surface area (TPSA) is 146 Å². The van der Waals surface area contributed by atoms with E-state index in [1.165, 1.54) is 6.92 Å².